The molecular formula is C17H18BrClFN. The molecule has 0 aliphatic carbocycles. The van der Waals surface area contributed by atoms with Crippen LogP contribution in [-0.2, 0) is 6.42 Å². The predicted molar refractivity (Wildman–Crippen MR) is 90.4 cm³/mol. The molecule has 1 unspecified atom stereocenters. The summed E-state index contributed by atoms with van der Waals surface area (Å²) in [7, 11) is 1.84. The fourth-order valence-electron chi connectivity index (χ4n) is 2.44. The maximum Gasteiger partial charge on any atom is 0.147 e. The van der Waals surface area contributed by atoms with Crippen LogP contribution in [0, 0.1) is 12.7 Å². The Bertz CT molecular complexity index is 630. The number of aryl methyl sites for hydroxylation is 2. The normalized spacial score (nSPS) is 12.4. The van der Waals surface area contributed by atoms with Gasteiger partial charge in [0.2, 0.25) is 0 Å². The Balaban J connectivity index is 2.15. The van der Waals surface area contributed by atoms with Crippen LogP contribution in [0.5, 0.6) is 0 Å². The van der Waals surface area contributed by atoms with Crippen LogP contribution in [0.25, 0.3) is 0 Å². The van der Waals surface area contributed by atoms with Crippen LogP contribution >= 0.6 is 27.5 Å². The van der Waals surface area contributed by atoms with Crippen molar-refractivity contribution in [3.63, 3.8) is 0 Å². The lowest BCUT2D eigenvalue weighted by Gasteiger charge is -2.18. The monoisotopic (exact) mass is 369 g/mol. The molecule has 1 nitrogen and oxygen atoms in total. The average molecular weight is 371 g/mol. The molecule has 2 rings (SSSR count). The molecule has 1 N–H and O–H groups in total. The van der Waals surface area contributed by atoms with Gasteiger partial charge in [0.25, 0.3) is 0 Å². The molecule has 112 valence electrons. The van der Waals surface area contributed by atoms with E-state index in [0.29, 0.717) is 10.0 Å². The summed E-state index contributed by atoms with van der Waals surface area (Å²) >= 11 is 9.21. The Kier molecular flexibility index (Phi) is 5.80. The first-order valence-electron chi connectivity index (χ1n) is 6.89. The number of hydrogen-bond acceptors (Lipinski definition) is 1. The molecule has 0 saturated heterocycles. The van der Waals surface area contributed by atoms with Crippen LogP contribution in [0.2, 0.25) is 5.02 Å². The van der Waals surface area contributed by atoms with Crippen LogP contribution < -0.4 is 5.32 Å². The molecule has 0 heterocycles. The highest BCUT2D eigenvalue weighted by atomic mass is 79.9. The summed E-state index contributed by atoms with van der Waals surface area (Å²) in [6.07, 6.45) is 1.70. The van der Waals surface area contributed by atoms with Gasteiger partial charge in [0, 0.05) is 16.1 Å². The quantitative estimate of drug-likeness (QED) is 0.691. The van der Waals surface area contributed by atoms with E-state index in [2.05, 4.69) is 52.4 Å². The topological polar surface area (TPSA) is 12.0 Å². The molecule has 0 saturated carbocycles. The molecule has 0 aliphatic heterocycles. The smallest absolute Gasteiger partial charge is 0.147 e. The molecule has 2 aromatic carbocycles. The third-order valence-electron chi connectivity index (χ3n) is 3.59. The zero-order chi connectivity index (χ0) is 15.4. The lowest BCUT2D eigenvalue weighted by molar-refractivity contribution is 0.508. The summed E-state index contributed by atoms with van der Waals surface area (Å²) in [6.45, 7) is 2.08. The van der Waals surface area contributed by atoms with Crippen LogP contribution in [-0.4, -0.2) is 7.05 Å². The van der Waals surface area contributed by atoms with E-state index in [1.54, 1.807) is 12.1 Å². The summed E-state index contributed by atoms with van der Waals surface area (Å²) in [5, 5.41) is 3.32. The Hall–Kier alpha value is -0.900. The van der Waals surface area contributed by atoms with E-state index in [-0.39, 0.29) is 16.9 Å². The van der Waals surface area contributed by atoms with Gasteiger partial charge in [0.15, 0.2) is 0 Å². The zero-order valence-corrected chi connectivity index (χ0v) is 14.4. The van der Waals surface area contributed by atoms with Crippen molar-refractivity contribution < 1.29 is 4.39 Å². The molecule has 0 amide bonds. The zero-order valence-electron chi connectivity index (χ0n) is 12.1. The average Bonchev–Trinajstić information content (AvgIpc) is 2.47. The molecule has 0 bridgehead atoms. The number of nitrogens with one attached hydrogen (secondary N) is 1. The van der Waals surface area contributed by atoms with Gasteiger partial charge in [-0.05, 0) is 54.4 Å². The molecule has 2 aromatic rings. The largest absolute Gasteiger partial charge is 0.313 e. The van der Waals surface area contributed by atoms with Gasteiger partial charge in [-0.15, -0.1) is 0 Å². The second kappa shape index (κ2) is 7.39. The molecule has 0 aromatic heterocycles. The van der Waals surface area contributed by atoms with E-state index in [9.17, 15) is 4.39 Å². The summed E-state index contributed by atoms with van der Waals surface area (Å²) < 4.78 is 14.9. The molecule has 4 heteroatoms. The molecule has 0 radical (unpaired) electrons. The number of rotatable bonds is 5. The first-order valence-corrected chi connectivity index (χ1v) is 8.06. The van der Waals surface area contributed by atoms with E-state index in [1.165, 1.54) is 11.1 Å². The van der Waals surface area contributed by atoms with E-state index in [1.807, 2.05) is 7.05 Å². The van der Waals surface area contributed by atoms with E-state index in [4.69, 9.17) is 11.6 Å². The molecule has 0 fully saturated rings. The predicted octanol–water partition coefficient (Wildman–Crippen LogP) is 5.44. The van der Waals surface area contributed by atoms with Gasteiger partial charge in [-0.1, -0.05) is 47.5 Å². The number of benzene rings is 2. The van der Waals surface area contributed by atoms with Gasteiger partial charge in [0.1, 0.15) is 5.82 Å². The SMILES string of the molecule is CNC(CCc1cccc(C)c1)c1ccc(Br)c(Cl)c1F. The van der Waals surface area contributed by atoms with Crippen molar-refractivity contribution in [2.24, 2.45) is 0 Å². The third kappa shape index (κ3) is 4.06. The molecular weight excluding hydrogens is 353 g/mol. The molecule has 0 spiro atoms. The Labute approximate surface area is 138 Å². The van der Waals surface area contributed by atoms with E-state index >= 15 is 0 Å². The fourth-order valence-corrected chi connectivity index (χ4v) is 2.92. The van der Waals surface area contributed by atoms with Crippen LogP contribution in [0.3, 0.4) is 0 Å². The van der Waals surface area contributed by atoms with E-state index in [0.717, 1.165) is 12.8 Å². The first-order chi connectivity index (χ1) is 10.0. The second-order valence-electron chi connectivity index (χ2n) is 5.13. The van der Waals surface area contributed by atoms with Gasteiger partial charge < -0.3 is 5.32 Å². The van der Waals surface area contributed by atoms with Crippen molar-refractivity contribution in [2.75, 3.05) is 7.05 Å². The minimum atomic E-state index is -0.352. The lowest BCUT2D eigenvalue weighted by Crippen LogP contribution is -2.18. The Morgan fingerprint density at radius 2 is 2.05 bits per heavy atom. The number of hydrogen-bond donors (Lipinski definition) is 1. The van der Waals surface area contributed by atoms with Crippen molar-refractivity contribution in [1.29, 1.82) is 0 Å². The van der Waals surface area contributed by atoms with Crippen molar-refractivity contribution in [2.45, 2.75) is 25.8 Å². The van der Waals surface area contributed by atoms with Gasteiger partial charge in [0.05, 0.1) is 5.02 Å². The molecule has 1 atom stereocenters. The van der Waals surface area contributed by atoms with Gasteiger partial charge in [-0.2, -0.15) is 0 Å². The summed E-state index contributed by atoms with van der Waals surface area (Å²) in [5.41, 5.74) is 3.11. The van der Waals surface area contributed by atoms with Crippen LogP contribution in [0.1, 0.15) is 29.2 Å². The van der Waals surface area contributed by atoms with Crippen LogP contribution in [0.4, 0.5) is 4.39 Å². The van der Waals surface area contributed by atoms with Gasteiger partial charge >= 0.3 is 0 Å². The van der Waals surface area contributed by atoms with Crippen molar-refractivity contribution in [3.8, 4) is 0 Å². The van der Waals surface area contributed by atoms with E-state index < -0.39 is 0 Å². The highest BCUT2D eigenvalue weighted by Gasteiger charge is 2.17. The standard InChI is InChI=1S/C17H18BrClFN/c1-11-4-3-5-12(10-11)6-9-15(21-2)13-7-8-14(18)16(19)17(13)20/h3-5,7-8,10,15,21H,6,9H2,1-2H3. The summed E-state index contributed by atoms with van der Waals surface area (Å²) in [5.74, 6) is -0.352. The second-order valence-corrected chi connectivity index (χ2v) is 6.37. The van der Waals surface area contributed by atoms with Gasteiger partial charge in [-0.3, -0.25) is 0 Å². The number of halogens is 3. The minimum absolute atomic E-state index is 0.0592. The third-order valence-corrected chi connectivity index (χ3v) is 4.85. The van der Waals surface area contributed by atoms with Crippen molar-refractivity contribution >= 4 is 27.5 Å². The fraction of sp³-hybridized carbons (Fsp3) is 0.294. The maximum atomic E-state index is 14.3. The molecule has 0 aliphatic rings. The minimum Gasteiger partial charge on any atom is -0.313 e. The Morgan fingerprint density at radius 3 is 2.71 bits per heavy atom. The van der Waals surface area contributed by atoms with Crippen LogP contribution in [0.15, 0.2) is 40.9 Å². The van der Waals surface area contributed by atoms with Crippen molar-refractivity contribution in [1.82, 2.24) is 5.32 Å². The van der Waals surface area contributed by atoms with Gasteiger partial charge in [-0.25, -0.2) is 4.39 Å². The summed E-state index contributed by atoms with van der Waals surface area (Å²) in [6, 6.07) is 11.9. The van der Waals surface area contributed by atoms with Crippen molar-refractivity contribution in [3.05, 3.63) is 68.4 Å². The first kappa shape index (κ1) is 16.5. The Morgan fingerprint density at radius 1 is 1.29 bits per heavy atom. The highest BCUT2D eigenvalue weighted by molar-refractivity contribution is 9.10. The lowest BCUT2D eigenvalue weighted by atomic mass is 9.98. The summed E-state index contributed by atoms with van der Waals surface area (Å²) in [4.78, 5) is 0. The maximum absolute atomic E-state index is 14.3. The molecule has 21 heavy (non-hydrogen) atoms. The highest BCUT2D eigenvalue weighted by Crippen LogP contribution is 2.31.